The molecule has 1 saturated heterocycles. The minimum atomic E-state index is 0.0233. The fraction of sp³-hybridized carbons (Fsp3) is 0.923. The highest BCUT2D eigenvalue weighted by Crippen LogP contribution is 2.15. The number of hydrogen-bond donors (Lipinski definition) is 1. The molecule has 4 nitrogen and oxygen atoms in total. The van der Waals surface area contributed by atoms with Crippen LogP contribution in [0.4, 0.5) is 4.79 Å². The van der Waals surface area contributed by atoms with Gasteiger partial charge in [-0.2, -0.15) is 0 Å². The van der Waals surface area contributed by atoms with E-state index in [0.29, 0.717) is 6.10 Å². The number of carbonyl (C=O) groups excluding carboxylic acids is 1. The van der Waals surface area contributed by atoms with Crippen LogP contribution in [0.15, 0.2) is 0 Å². The Kier molecular flexibility index (Phi) is 6.34. The summed E-state index contributed by atoms with van der Waals surface area (Å²) < 4.78 is 5.65. The van der Waals surface area contributed by atoms with Crippen molar-refractivity contribution in [3.05, 3.63) is 0 Å². The molecule has 0 aromatic carbocycles. The molecule has 1 N–H and O–H groups in total. The topological polar surface area (TPSA) is 41.6 Å². The smallest absolute Gasteiger partial charge is 0.317 e. The summed E-state index contributed by atoms with van der Waals surface area (Å²) in [6, 6.07) is 0.269. The Labute approximate surface area is 105 Å². The Hall–Kier alpha value is -0.770. The molecule has 100 valence electrons. The normalized spacial score (nSPS) is 21.9. The molecule has 1 aliphatic heterocycles. The Morgan fingerprint density at radius 3 is 2.88 bits per heavy atom. The Morgan fingerprint density at radius 2 is 2.29 bits per heavy atom. The van der Waals surface area contributed by atoms with Crippen LogP contribution >= 0.6 is 0 Å². The number of nitrogens with one attached hydrogen (secondary N) is 1. The predicted octanol–water partition coefficient (Wildman–Crippen LogP) is 2.39. The minimum absolute atomic E-state index is 0.0233. The highest BCUT2D eigenvalue weighted by molar-refractivity contribution is 5.74. The largest absolute Gasteiger partial charge is 0.378 e. The van der Waals surface area contributed by atoms with Crippen LogP contribution < -0.4 is 5.32 Å². The van der Waals surface area contributed by atoms with Gasteiger partial charge < -0.3 is 15.0 Å². The molecule has 1 heterocycles. The zero-order chi connectivity index (χ0) is 12.7. The standard InChI is InChI=1S/C13H26N2O2/c1-4-11(2)14-13(16)15(3)9-8-12-7-5-6-10-17-12/h11-12H,4-10H2,1-3H3,(H,14,16). The van der Waals surface area contributed by atoms with Gasteiger partial charge in [-0.05, 0) is 39.0 Å². The molecule has 0 saturated carbocycles. The van der Waals surface area contributed by atoms with Crippen molar-refractivity contribution >= 4 is 6.03 Å². The lowest BCUT2D eigenvalue weighted by Crippen LogP contribution is -2.42. The number of amides is 2. The summed E-state index contributed by atoms with van der Waals surface area (Å²) in [6.45, 7) is 5.75. The highest BCUT2D eigenvalue weighted by Gasteiger charge is 2.16. The molecule has 2 atom stereocenters. The summed E-state index contributed by atoms with van der Waals surface area (Å²) in [5, 5.41) is 2.96. The first kappa shape index (κ1) is 14.3. The van der Waals surface area contributed by atoms with Crippen molar-refractivity contribution in [2.75, 3.05) is 20.2 Å². The summed E-state index contributed by atoms with van der Waals surface area (Å²) in [6.07, 6.45) is 5.84. The van der Waals surface area contributed by atoms with E-state index in [9.17, 15) is 4.79 Å². The van der Waals surface area contributed by atoms with E-state index >= 15 is 0 Å². The van der Waals surface area contributed by atoms with Crippen LogP contribution in [-0.2, 0) is 4.74 Å². The maximum Gasteiger partial charge on any atom is 0.317 e. The fourth-order valence-electron chi connectivity index (χ4n) is 1.90. The maximum absolute atomic E-state index is 11.8. The molecule has 0 aliphatic carbocycles. The first-order valence-corrected chi connectivity index (χ1v) is 6.76. The van der Waals surface area contributed by atoms with Gasteiger partial charge in [0.15, 0.2) is 0 Å². The van der Waals surface area contributed by atoms with Gasteiger partial charge in [0.05, 0.1) is 6.10 Å². The number of rotatable bonds is 5. The zero-order valence-electron chi connectivity index (χ0n) is 11.4. The van der Waals surface area contributed by atoms with Gasteiger partial charge in [-0.3, -0.25) is 0 Å². The second-order valence-electron chi connectivity index (χ2n) is 4.96. The molecule has 17 heavy (non-hydrogen) atoms. The van der Waals surface area contributed by atoms with Crippen molar-refractivity contribution < 1.29 is 9.53 Å². The predicted molar refractivity (Wildman–Crippen MR) is 69.1 cm³/mol. The number of hydrogen-bond acceptors (Lipinski definition) is 2. The molecule has 0 aromatic heterocycles. The molecule has 1 rings (SSSR count). The molecule has 4 heteroatoms. The van der Waals surface area contributed by atoms with Crippen molar-refractivity contribution in [1.29, 1.82) is 0 Å². The van der Waals surface area contributed by atoms with E-state index in [-0.39, 0.29) is 12.1 Å². The maximum atomic E-state index is 11.8. The van der Waals surface area contributed by atoms with E-state index in [0.717, 1.165) is 32.4 Å². The van der Waals surface area contributed by atoms with Crippen LogP contribution in [-0.4, -0.2) is 43.3 Å². The van der Waals surface area contributed by atoms with Crippen molar-refractivity contribution in [3.8, 4) is 0 Å². The highest BCUT2D eigenvalue weighted by atomic mass is 16.5. The molecular weight excluding hydrogens is 216 g/mol. The van der Waals surface area contributed by atoms with E-state index in [1.807, 2.05) is 14.0 Å². The second-order valence-corrected chi connectivity index (χ2v) is 4.96. The second kappa shape index (κ2) is 7.54. The summed E-state index contributed by atoms with van der Waals surface area (Å²) in [5.74, 6) is 0. The quantitative estimate of drug-likeness (QED) is 0.804. The number of ether oxygens (including phenoxy) is 1. The molecule has 0 aromatic rings. The van der Waals surface area contributed by atoms with Crippen molar-refractivity contribution in [2.24, 2.45) is 0 Å². The molecule has 1 aliphatic rings. The number of carbonyl (C=O) groups is 1. The lowest BCUT2D eigenvalue weighted by atomic mass is 10.1. The number of nitrogens with zero attached hydrogens (tertiary/aromatic N) is 1. The average Bonchev–Trinajstić information content (AvgIpc) is 2.36. The van der Waals surface area contributed by atoms with E-state index < -0.39 is 0 Å². The summed E-state index contributed by atoms with van der Waals surface area (Å²) >= 11 is 0. The molecule has 2 unspecified atom stereocenters. The van der Waals surface area contributed by atoms with Gasteiger partial charge in [-0.15, -0.1) is 0 Å². The van der Waals surface area contributed by atoms with Crippen LogP contribution in [0.3, 0.4) is 0 Å². The zero-order valence-corrected chi connectivity index (χ0v) is 11.4. The molecule has 1 fully saturated rings. The van der Waals surface area contributed by atoms with E-state index in [1.54, 1.807) is 4.90 Å². The first-order chi connectivity index (χ1) is 8.13. The van der Waals surface area contributed by atoms with Gasteiger partial charge in [0, 0.05) is 26.2 Å². The third kappa shape index (κ3) is 5.39. The summed E-state index contributed by atoms with van der Waals surface area (Å²) in [5.41, 5.74) is 0. The molecule has 0 bridgehead atoms. The van der Waals surface area contributed by atoms with Crippen LogP contribution in [0.5, 0.6) is 0 Å². The van der Waals surface area contributed by atoms with Gasteiger partial charge in [0.2, 0.25) is 0 Å². The number of urea groups is 1. The Morgan fingerprint density at radius 1 is 1.53 bits per heavy atom. The van der Waals surface area contributed by atoms with Gasteiger partial charge >= 0.3 is 6.03 Å². The lowest BCUT2D eigenvalue weighted by Gasteiger charge is -2.26. The fourth-order valence-corrected chi connectivity index (χ4v) is 1.90. The van der Waals surface area contributed by atoms with Crippen LogP contribution in [0, 0.1) is 0 Å². The summed E-state index contributed by atoms with van der Waals surface area (Å²) in [4.78, 5) is 13.5. The summed E-state index contributed by atoms with van der Waals surface area (Å²) in [7, 11) is 1.85. The molecule has 2 amide bonds. The van der Waals surface area contributed by atoms with Crippen LogP contribution in [0.1, 0.15) is 46.0 Å². The lowest BCUT2D eigenvalue weighted by molar-refractivity contribution is 0.00825. The molecular formula is C13H26N2O2. The SMILES string of the molecule is CCC(C)NC(=O)N(C)CCC1CCCCO1. The van der Waals surface area contributed by atoms with Gasteiger partial charge in [0.25, 0.3) is 0 Å². The Bertz CT molecular complexity index is 227. The first-order valence-electron chi connectivity index (χ1n) is 6.76. The third-order valence-electron chi connectivity index (χ3n) is 3.39. The minimum Gasteiger partial charge on any atom is -0.378 e. The van der Waals surface area contributed by atoms with Gasteiger partial charge in [0.1, 0.15) is 0 Å². The van der Waals surface area contributed by atoms with Gasteiger partial charge in [-0.25, -0.2) is 4.79 Å². The van der Waals surface area contributed by atoms with Crippen LogP contribution in [0.25, 0.3) is 0 Å². The van der Waals surface area contributed by atoms with Crippen molar-refractivity contribution in [1.82, 2.24) is 10.2 Å². The van der Waals surface area contributed by atoms with Crippen molar-refractivity contribution in [2.45, 2.75) is 58.1 Å². The van der Waals surface area contributed by atoms with Crippen LogP contribution in [0.2, 0.25) is 0 Å². The molecule has 0 radical (unpaired) electrons. The third-order valence-corrected chi connectivity index (χ3v) is 3.39. The van der Waals surface area contributed by atoms with E-state index in [1.165, 1.54) is 12.8 Å². The van der Waals surface area contributed by atoms with Crippen molar-refractivity contribution in [3.63, 3.8) is 0 Å². The monoisotopic (exact) mass is 242 g/mol. The van der Waals surface area contributed by atoms with Gasteiger partial charge in [-0.1, -0.05) is 6.92 Å². The molecule has 0 spiro atoms. The Balaban J connectivity index is 2.18. The van der Waals surface area contributed by atoms with E-state index in [2.05, 4.69) is 12.2 Å². The van der Waals surface area contributed by atoms with E-state index in [4.69, 9.17) is 4.74 Å². The average molecular weight is 242 g/mol.